The Bertz CT molecular complexity index is 702. The van der Waals surface area contributed by atoms with Crippen LogP contribution in [0.3, 0.4) is 0 Å². The number of benzene rings is 1. The molecule has 1 aromatic carbocycles. The third kappa shape index (κ3) is 3.21. The molecule has 0 atom stereocenters. The van der Waals surface area contributed by atoms with Crippen LogP contribution in [0.15, 0.2) is 30.5 Å². The molecule has 1 amide bonds. The van der Waals surface area contributed by atoms with E-state index in [9.17, 15) is 9.18 Å². The Hall–Kier alpha value is -2.17. The van der Waals surface area contributed by atoms with Crippen molar-refractivity contribution in [2.24, 2.45) is 0 Å². The van der Waals surface area contributed by atoms with Crippen molar-refractivity contribution < 1.29 is 9.18 Å². The number of aromatic nitrogens is 2. The summed E-state index contributed by atoms with van der Waals surface area (Å²) >= 11 is 0. The van der Waals surface area contributed by atoms with Gasteiger partial charge in [0, 0.05) is 12.6 Å². The maximum Gasteiger partial charge on any atom is 0.257 e. The number of hydrogen-bond donors (Lipinski definition) is 0. The van der Waals surface area contributed by atoms with Gasteiger partial charge in [-0.1, -0.05) is 19.3 Å². The second-order valence-electron chi connectivity index (χ2n) is 6.41. The maximum absolute atomic E-state index is 13.1. The van der Waals surface area contributed by atoms with Gasteiger partial charge in [0.1, 0.15) is 5.82 Å². The van der Waals surface area contributed by atoms with Crippen LogP contribution in [-0.2, 0) is 0 Å². The molecule has 1 saturated carbocycles. The molecular weight excluding hydrogens is 305 g/mol. The lowest BCUT2D eigenvalue weighted by atomic mass is 9.93. The standard InChI is InChI=1S/C19H24FN3O/c1-3-22(16-7-5-4-6-8-16)19(24)18-13-21-23(14(18)2)17-11-9-15(20)10-12-17/h9-13,16H,3-8H2,1-2H3. The van der Waals surface area contributed by atoms with Gasteiger partial charge in [0.2, 0.25) is 0 Å². The van der Waals surface area contributed by atoms with Crippen LogP contribution in [0.5, 0.6) is 0 Å². The number of amides is 1. The van der Waals surface area contributed by atoms with Crippen LogP contribution in [0.25, 0.3) is 5.69 Å². The fourth-order valence-electron chi connectivity index (χ4n) is 3.58. The molecule has 0 N–H and O–H groups in total. The van der Waals surface area contributed by atoms with Crippen molar-refractivity contribution in [2.45, 2.75) is 52.0 Å². The number of carbonyl (C=O) groups excluding carboxylic acids is 1. The predicted molar refractivity (Wildman–Crippen MR) is 91.8 cm³/mol. The van der Waals surface area contributed by atoms with Gasteiger partial charge >= 0.3 is 0 Å². The van der Waals surface area contributed by atoms with Crippen LogP contribution in [0.4, 0.5) is 4.39 Å². The first-order chi connectivity index (χ1) is 11.6. The summed E-state index contributed by atoms with van der Waals surface area (Å²) in [5.41, 5.74) is 2.18. The normalized spacial score (nSPS) is 15.5. The molecule has 1 heterocycles. The SMILES string of the molecule is CCN(C(=O)c1cnn(-c2ccc(F)cc2)c1C)C1CCCCC1. The third-order valence-electron chi connectivity index (χ3n) is 4.93. The van der Waals surface area contributed by atoms with E-state index in [0.29, 0.717) is 18.2 Å². The van der Waals surface area contributed by atoms with Crippen molar-refractivity contribution >= 4 is 5.91 Å². The van der Waals surface area contributed by atoms with Gasteiger partial charge in [-0.2, -0.15) is 5.10 Å². The largest absolute Gasteiger partial charge is 0.336 e. The van der Waals surface area contributed by atoms with Crippen molar-refractivity contribution in [3.63, 3.8) is 0 Å². The van der Waals surface area contributed by atoms with Crippen LogP contribution in [0.1, 0.15) is 55.1 Å². The van der Waals surface area contributed by atoms with Gasteiger partial charge in [-0.3, -0.25) is 4.79 Å². The lowest BCUT2D eigenvalue weighted by molar-refractivity contribution is 0.0647. The monoisotopic (exact) mass is 329 g/mol. The van der Waals surface area contributed by atoms with E-state index in [1.54, 1.807) is 23.0 Å². The molecule has 2 aromatic rings. The molecule has 0 saturated heterocycles. The molecule has 4 nitrogen and oxygen atoms in total. The second-order valence-corrected chi connectivity index (χ2v) is 6.41. The van der Waals surface area contributed by atoms with Crippen LogP contribution in [0, 0.1) is 12.7 Å². The Balaban J connectivity index is 1.86. The molecule has 0 aliphatic heterocycles. The van der Waals surface area contributed by atoms with Gasteiger partial charge in [-0.05, 0) is 51.0 Å². The van der Waals surface area contributed by atoms with E-state index in [1.165, 1.54) is 31.4 Å². The topological polar surface area (TPSA) is 38.1 Å². The second kappa shape index (κ2) is 7.16. The molecule has 1 aliphatic rings. The summed E-state index contributed by atoms with van der Waals surface area (Å²) in [4.78, 5) is 15.0. The maximum atomic E-state index is 13.1. The van der Waals surface area contributed by atoms with E-state index in [4.69, 9.17) is 0 Å². The number of halogens is 1. The lowest BCUT2D eigenvalue weighted by Gasteiger charge is -2.33. The summed E-state index contributed by atoms with van der Waals surface area (Å²) in [7, 11) is 0. The molecule has 1 aromatic heterocycles. The average Bonchev–Trinajstić information content (AvgIpc) is 2.99. The highest BCUT2D eigenvalue weighted by molar-refractivity contribution is 5.95. The molecule has 0 unspecified atom stereocenters. The molecule has 24 heavy (non-hydrogen) atoms. The highest BCUT2D eigenvalue weighted by Gasteiger charge is 2.27. The Kier molecular flexibility index (Phi) is 4.97. The number of nitrogens with zero attached hydrogens (tertiary/aromatic N) is 3. The zero-order valence-corrected chi connectivity index (χ0v) is 14.3. The first-order valence-corrected chi connectivity index (χ1v) is 8.73. The summed E-state index contributed by atoms with van der Waals surface area (Å²) in [6, 6.07) is 6.48. The van der Waals surface area contributed by atoms with Crippen molar-refractivity contribution in [2.75, 3.05) is 6.54 Å². The zero-order chi connectivity index (χ0) is 17.1. The van der Waals surface area contributed by atoms with E-state index in [1.807, 2.05) is 18.7 Å². The predicted octanol–water partition coefficient (Wildman–Crippen LogP) is 4.11. The first kappa shape index (κ1) is 16.7. The van der Waals surface area contributed by atoms with Crippen molar-refractivity contribution in [3.8, 4) is 5.69 Å². The highest BCUT2D eigenvalue weighted by atomic mass is 19.1. The van der Waals surface area contributed by atoms with E-state index in [2.05, 4.69) is 5.10 Å². The average molecular weight is 329 g/mol. The number of carbonyl (C=O) groups is 1. The molecule has 128 valence electrons. The Morgan fingerprint density at radius 2 is 1.92 bits per heavy atom. The fourth-order valence-corrected chi connectivity index (χ4v) is 3.58. The van der Waals surface area contributed by atoms with Crippen molar-refractivity contribution in [3.05, 3.63) is 47.5 Å². The lowest BCUT2D eigenvalue weighted by Crippen LogP contribution is -2.41. The van der Waals surface area contributed by atoms with Crippen LogP contribution in [-0.4, -0.2) is 33.2 Å². The smallest absolute Gasteiger partial charge is 0.257 e. The first-order valence-electron chi connectivity index (χ1n) is 8.73. The highest BCUT2D eigenvalue weighted by Crippen LogP contribution is 2.25. The molecule has 3 rings (SSSR count). The Morgan fingerprint density at radius 3 is 2.54 bits per heavy atom. The third-order valence-corrected chi connectivity index (χ3v) is 4.93. The van der Waals surface area contributed by atoms with E-state index < -0.39 is 0 Å². The zero-order valence-electron chi connectivity index (χ0n) is 14.3. The van der Waals surface area contributed by atoms with Gasteiger partial charge in [0.25, 0.3) is 5.91 Å². The molecular formula is C19H24FN3O. The van der Waals surface area contributed by atoms with E-state index >= 15 is 0 Å². The molecule has 0 radical (unpaired) electrons. The fraction of sp³-hybridized carbons (Fsp3) is 0.474. The summed E-state index contributed by atoms with van der Waals surface area (Å²) in [5.74, 6) is -0.232. The Morgan fingerprint density at radius 1 is 1.25 bits per heavy atom. The Labute approximate surface area is 142 Å². The minimum atomic E-state index is -0.283. The minimum absolute atomic E-state index is 0.0512. The van der Waals surface area contributed by atoms with Gasteiger partial charge < -0.3 is 4.90 Å². The van der Waals surface area contributed by atoms with Crippen LogP contribution >= 0.6 is 0 Å². The van der Waals surface area contributed by atoms with Gasteiger partial charge in [0.15, 0.2) is 0 Å². The van der Waals surface area contributed by atoms with Crippen molar-refractivity contribution in [1.29, 1.82) is 0 Å². The molecule has 1 fully saturated rings. The van der Waals surface area contributed by atoms with Gasteiger partial charge in [-0.15, -0.1) is 0 Å². The number of hydrogen-bond acceptors (Lipinski definition) is 2. The van der Waals surface area contributed by atoms with Crippen molar-refractivity contribution in [1.82, 2.24) is 14.7 Å². The van der Waals surface area contributed by atoms with Gasteiger partial charge in [0.05, 0.1) is 23.1 Å². The quantitative estimate of drug-likeness (QED) is 0.846. The summed E-state index contributed by atoms with van der Waals surface area (Å²) in [6.45, 7) is 4.63. The summed E-state index contributed by atoms with van der Waals surface area (Å²) < 4.78 is 14.8. The van der Waals surface area contributed by atoms with E-state index in [0.717, 1.165) is 24.2 Å². The minimum Gasteiger partial charge on any atom is -0.336 e. The van der Waals surface area contributed by atoms with Crippen LogP contribution in [0.2, 0.25) is 0 Å². The van der Waals surface area contributed by atoms with Crippen LogP contribution < -0.4 is 0 Å². The molecule has 0 spiro atoms. The number of rotatable bonds is 4. The van der Waals surface area contributed by atoms with E-state index in [-0.39, 0.29) is 11.7 Å². The summed E-state index contributed by atoms with van der Waals surface area (Å²) in [6.07, 6.45) is 7.47. The van der Waals surface area contributed by atoms with Gasteiger partial charge in [-0.25, -0.2) is 9.07 Å². The molecule has 5 heteroatoms. The molecule has 1 aliphatic carbocycles. The molecule has 0 bridgehead atoms. The summed E-state index contributed by atoms with van der Waals surface area (Å²) in [5, 5.41) is 4.35.